The quantitative estimate of drug-likeness (QED) is 0.684. The standard InChI is InChI=1S/C17H21ClN2O/c1-2-14-5-3-6-15(11-14)13-20(17(21)12-18)16-7-4-9-19-10-8-16/h1,3,5-6,11,16,19H,4,7-10,12-13H2. The van der Waals surface area contributed by atoms with Crippen LogP contribution in [0.1, 0.15) is 30.4 Å². The van der Waals surface area contributed by atoms with Crippen molar-refractivity contribution in [3.05, 3.63) is 35.4 Å². The van der Waals surface area contributed by atoms with Crippen molar-refractivity contribution in [2.24, 2.45) is 0 Å². The summed E-state index contributed by atoms with van der Waals surface area (Å²) in [6, 6.07) is 8.05. The number of hydrogen-bond donors (Lipinski definition) is 1. The Kier molecular flexibility index (Phi) is 6.10. The van der Waals surface area contributed by atoms with Gasteiger partial charge in [-0.1, -0.05) is 18.1 Å². The first-order valence-corrected chi connectivity index (χ1v) is 7.89. The molecule has 3 nitrogen and oxygen atoms in total. The number of rotatable bonds is 4. The van der Waals surface area contributed by atoms with E-state index in [1.54, 1.807) is 0 Å². The second-order valence-electron chi connectivity index (χ2n) is 5.33. The van der Waals surface area contributed by atoms with Crippen LogP contribution in [-0.2, 0) is 11.3 Å². The summed E-state index contributed by atoms with van der Waals surface area (Å²) in [6.45, 7) is 2.54. The van der Waals surface area contributed by atoms with Gasteiger partial charge < -0.3 is 10.2 Å². The smallest absolute Gasteiger partial charge is 0.238 e. The molecule has 1 fully saturated rings. The molecule has 0 bridgehead atoms. The molecule has 2 rings (SSSR count). The van der Waals surface area contributed by atoms with E-state index in [0.29, 0.717) is 6.54 Å². The molecule has 0 radical (unpaired) electrons. The first-order valence-electron chi connectivity index (χ1n) is 7.36. The van der Waals surface area contributed by atoms with Crippen LogP contribution in [0.5, 0.6) is 0 Å². The van der Waals surface area contributed by atoms with Gasteiger partial charge in [0.25, 0.3) is 0 Å². The lowest BCUT2D eigenvalue weighted by Crippen LogP contribution is -2.41. The van der Waals surface area contributed by atoms with Crippen LogP contribution in [0.25, 0.3) is 0 Å². The number of terminal acetylenes is 1. The zero-order chi connectivity index (χ0) is 15.1. The third-order valence-electron chi connectivity index (χ3n) is 3.87. The monoisotopic (exact) mass is 304 g/mol. The lowest BCUT2D eigenvalue weighted by molar-refractivity contribution is -0.131. The topological polar surface area (TPSA) is 32.3 Å². The van der Waals surface area contributed by atoms with E-state index in [0.717, 1.165) is 43.5 Å². The van der Waals surface area contributed by atoms with Crippen molar-refractivity contribution in [3.8, 4) is 12.3 Å². The van der Waals surface area contributed by atoms with Crippen molar-refractivity contribution in [2.75, 3.05) is 19.0 Å². The maximum absolute atomic E-state index is 12.2. The Balaban J connectivity index is 2.15. The first-order chi connectivity index (χ1) is 10.2. The highest BCUT2D eigenvalue weighted by atomic mass is 35.5. The number of carbonyl (C=O) groups is 1. The van der Waals surface area contributed by atoms with Crippen molar-refractivity contribution in [1.29, 1.82) is 0 Å². The predicted molar refractivity (Wildman–Crippen MR) is 86.2 cm³/mol. The largest absolute Gasteiger partial charge is 0.334 e. The van der Waals surface area contributed by atoms with Crippen molar-refractivity contribution < 1.29 is 4.79 Å². The Morgan fingerprint density at radius 3 is 3.05 bits per heavy atom. The summed E-state index contributed by atoms with van der Waals surface area (Å²) in [7, 11) is 0. The molecule has 1 saturated heterocycles. The van der Waals surface area contributed by atoms with Crippen LogP contribution < -0.4 is 5.32 Å². The van der Waals surface area contributed by atoms with Crippen LogP contribution in [0.2, 0.25) is 0 Å². The fourth-order valence-corrected chi connectivity index (χ4v) is 2.92. The number of alkyl halides is 1. The molecule has 0 spiro atoms. The lowest BCUT2D eigenvalue weighted by Gasteiger charge is -2.31. The Morgan fingerprint density at radius 2 is 2.29 bits per heavy atom. The van der Waals surface area contributed by atoms with E-state index in [9.17, 15) is 4.79 Å². The number of nitrogens with zero attached hydrogens (tertiary/aromatic N) is 1. The molecule has 0 aliphatic carbocycles. The third kappa shape index (κ3) is 4.49. The summed E-state index contributed by atoms with van der Waals surface area (Å²) < 4.78 is 0. The van der Waals surface area contributed by atoms with E-state index < -0.39 is 0 Å². The molecule has 1 heterocycles. The highest BCUT2D eigenvalue weighted by molar-refractivity contribution is 6.27. The summed E-state index contributed by atoms with van der Waals surface area (Å²) >= 11 is 5.79. The number of hydrogen-bond acceptors (Lipinski definition) is 2. The highest BCUT2D eigenvalue weighted by Crippen LogP contribution is 2.18. The molecule has 21 heavy (non-hydrogen) atoms. The van der Waals surface area contributed by atoms with E-state index in [-0.39, 0.29) is 17.8 Å². The summed E-state index contributed by atoms with van der Waals surface area (Å²) in [4.78, 5) is 14.1. The summed E-state index contributed by atoms with van der Waals surface area (Å²) in [6.07, 6.45) is 8.51. The second kappa shape index (κ2) is 8.07. The molecule has 1 atom stereocenters. The van der Waals surface area contributed by atoms with Gasteiger partial charge >= 0.3 is 0 Å². The molecular weight excluding hydrogens is 284 g/mol. The minimum atomic E-state index is -0.00493. The number of benzene rings is 1. The van der Waals surface area contributed by atoms with Gasteiger partial charge in [-0.15, -0.1) is 18.0 Å². The SMILES string of the molecule is C#Cc1cccc(CN(C(=O)CCl)C2CCCNCC2)c1. The lowest BCUT2D eigenvalue weighted by atomic mass is 10.0. The van der Waals surface area contributed by atoms with Gasteiger partial charge in [-0.05, 0) is 50.0 Å². The summed E-state index contributed by atoms with van der Waals surface area (Å²) in [5.41, 5.74) is 1.90. The Labute approximate surface area is 131 Å². The highest BCUT2D eigenvalue weighted by Gasteiger charge is 2.24. The molecule has 1 aromatic carbocycles. The third-order valence-corrected chi connectivity index (χ3v) is 4.10. The van der Waals surface area contributed by atoms with Crippen molar-refractivity contribution >= 4 is 17.5 Å². The maximum Gasteiger partial charge on any atom is 0.238 e. The molecule has 1 aliphatic heterocycles. The minimum absolute atomic E-state index is 0.00493. The molecule has 1 amide bonds. The van der Waals surface area contributed by atoms with Crippen LogP contribution in [0.3, 0.4) is 0 Å². The molecular formula is C17H21ClN2O. The van der Waals surface area contributed by atoms with E-state index in [2.05, 4.69) is 11.2 Å². The fourth-order valence-electron chi connectivity index (χ4n) is 2.77. The number of nitrogens with one attached hydrogen (secondary N) is 1. The van der Waals surface area contributed by atoms with E-state index in [1.807, 2.05) is 29.2 Å². The van der Waals surface area contributed by atoms with Crippen molar-refractivity contribution in [1.82, 2.24) is 10.2 Å². The molecule has 1 aliphatic rings. The average molecular weight is 305 g/mol. The normalized spacial score (nSPS) is 18.6. The first kappa shape index (κ1) is 15.9. The Hall–Kier alpha value is -1.50. The average Bonchev–Trinajstić information content (AvgIpc) is 2.81. The molecule has 1 unspecified atom stereocenters. The summed E-state index contributed by atoms with van der Waals surface area (Å²) in [5.74, 6) is 2.66. The molecule has 0 saturated carbocycles. The van der Waals surface area contributed by atoms with Gasteiger partial charge in [-0.25, -0.2) is 0 Å². The van der Waals surface area contributed by atoms with Gasteiger partial charge in [0.1, 0.15) is 5.88 Å². The minimum Gasteiger partial charge on any atom is -0.334 e. The predicted octanol–water partition coefficient (Wildman–Crippen LogP) is 2.38. The zero-order valence-corrected chi connectivity index (χ0v) is 12.9. The van der Waals surface area contributed by atoms with Crippen molar-refractivity contribution in [3.63, 3.8) is 0 Å². The van der Waals surface area contributed by atoms with Crippen LogP contribution in [0.4, 0.5) is 0 Å². The number of amides is 1. The molecule has 112 valence electrons. The van der Waals surface area contributed by atoms with E-state index >= 15 is 0 Å². The van der Waals surface area contributed by atoms with Gasteiger partial charge in [0.15, 0.2) is 0 Å². The molecule has 0 aromatic heterocycles. The summed E-state index contributed by atoms with van der Waals surface area (Å²) in [5, 5.41) is 3.37. The number of halogens is 1. The Morgan fingerprint density at radius 1 is 1.43 bits per heavy atom. The molecule has 1 N–H and O–H groups in total. The van der Waals surface area contributed by atoms with Crippen LogP contribution in [-0.4, -0.2) is 35.8 Å². The van der Waals surface area contributed by atoms with Gasteiger partial charge in [0.2, 0.25) is 5.91 Å². The van der Waals surface area contributed by atoms with Crippen LogP contribution in [0, 0.1) is 12.3 Å². The second-order valence-corrected chi connectivity index (χ2v) is 5.60. The molecule has 1 aromatic rings. The van der Waals surface area contributed by atoms with Crippen LogP contribution in [0.15, 0.2) is 24.3 Å². The zero-order valence-electron chi connectivity index (χ0n) is 12.1. The fraction of sp³-hybridized carbons (Fsp3) is 0.471. The van der Waals surface area contributed by atoms with Gasteiger partial charge in [0.05, 0.1) is 0 Å². The van der Waals surface area contributed by atoms with Crippen LogP contribution >= 0.6 is 11.6 Å². The van der Waals surface area contributed by atoms with E-state index in [1.165, 1.54) is 0 Å². The van der Waals surface area contributed by atoms with E-state index in [4.69, 9.17) is 18.0 Å². The maximum atomic E-state index is 12.2. The number of carbonyl (C=O) groups excluding carboxylic acids is 1. The van der Waals surface area contributed by atoms with Gasteiger partial charge in [-0.2, -0.15) is 0 Å². The van der Waals surface area contributed by atoms with Gasteiger partial charge in [-0.3, -0.25) is 4.79 Å². The Bertz CT molecular complexity index is 516. The van der Waals surface area contributed by atoms with Gasteiger partial charge in [0, 0.05) is 18.2 Å². The van der Waals surface area contributed by atoms with Crippen molar-refractivity contribution in [2.45, 2.75) is 31.8 Å². The molecule has 4 heteroatoms.